The van der Waals surface area contributed by atoms with Gasteiger partial charge in [-0.3, -0.25) is 0 Å². The van der Waals surface area contributed by atoms with Crippen LogP contribution in [0.25, 0.3) is 0 Å². The lowest BCUT2D eigenvalue weighted by Gasteiger charge is -2.14. The van der Waals surface area contributed by atoms with Gasteiger partial charge in [-0.05, 0) is 25.5 Å². The zero-order valence-corrected chi connectivity index (χ0v) is 8.75. The van der Waals surface area contributed by atoms with Crippen molar-refractivity contribution in [3.63, 3.8) is 0 Å². The maximum absolute atomic E-state index is 8.72. The highest BCUT2D eigenvalue weighted by atomic mass is 35.5. The number of pyridine rings is 1. The lowest BCUT2D eigenvalue weighted by molar-refractivity contribution is 0.282. The second-order valence-corrected chi connectivity index (χ2v) is 3.52. The van der Waals surface area contributed by atoms with E-state index >= 15 is 0 Å². The van der Waals surface area contributed by atoms with Gasteiger partial charge in [-0.2, -0.15) is 0 Å². The quantitative estimate of drug-likeness (QED) is 0.666. The van der Waals surface area contributed by atoms with Gasteiger partial charge in [0.15, 0.2) is 5.82 Å². The van der Waals surface area contributed by atoms with Crippen molar-refractivity contribution >= 4 is 23.1 Å². The predicted octanol–water partition coefficient (Wildman–Crippen LogP) is 1.50. The van der Waals surface area contributed by atoms with Gasteiger partial charge in [-0.25, -0.2) is 4.98 Å². The Morgan fingerprint density at radius 2 is 2.36 bits per heavy atom. The number of anilines is 2. The molecule has 78 valence electrons. The monoisotopic (exact) mass is 215 g/mol. The summed E-state index contributed by atoms with van der Waals surface area (Å²) in [6, 6.07) is 3.45. The molecule has 0 aliphatic heterocycles. The number of aliphatic hydroxyl groups excluding tert-OH is 1. The van der Waals surface area contributed by atoms with Gasteiger partial charge in [0, 0.05) is 12.6 Å². The molecule has 0 radical (unpaired) electrons. The molecule has 5 heteroatoms. The van der Waals surface area contributed by atoms with Crippen LogP contribution in [0.5, 0.6) is 0 Å². The molecule has 1 rings (SSSR count). The van der Waals surface area contributed by atoms with Gasteiger partial charge in [0.2, 0.25) is 0 Å². The minimum atomic E-state index is 0.119. The molecule has 4 N–H and O–H groups in total. The van der Waals surface area contributed by atoms with Crippen LogP contribution in [0.3, 0.4) is 0 Å². The summed E-state index contributed by atoms with van der Waals surface area (Å²) in [5.74, 6) is 0.568. The molecule has 0 fully saturated rings. The zero-order valence-electron chi connectivity index (χ0n) is 8.00. The molecule has 0 saturated carbocycles. The molecule has 0 aliphatic carbocycles. The average Bonchev–Trinajstić information content (AvgIpc) is 2.12. The molecule has 0 saturated heterocycles. The fraction of sp³-hybridized carbons (Fsp3) is 0.444. The second-order valence-electron chi connectivity index (χ2n) is 3.13. The fourth-order valence-corrected chi connectivity index (χ4v) is 1.21. The summed E-state index contributed by atoms with van der Waals surface area (Å²) in [6.45, 7) is 2.08. The van der Waals surface area contributed by atoms with E-state index in [9.17, 15) is 0 Å². The molecule has 1 unspecified atom stereocenters. The van der Waals surface area contributed by atoms with Gasteiger partial charge in [-0.15, -0.1) is 0 Å². The first-order valence-electron chi connectivity index (χ1n) is 4.43. The van der Waals surface area contributed by atoms with Crippen LogP contribution >= 0.6 is 11.6 Å². The lowest BCUT2D eigenvalue weighted by atomic mass is 10.2. The molecule has 14 heavy (non-hydrogen) atoms. The summed E-state index contributed by atoms with van der Waals surface area (Å²) in [7, 11) is 0. The standard InChI is InChI=1S/C9H14ClN3O/c1-6(4-5-14)12-9-7(11)2-3-8(10)13-9/h2-3,6,14H,4-5,11H2,1H3,(H,12,13). The largest absolute Gasteiger partial charge is 0.396 e. The first-order chi connectivity index (χ1) is 6.63. The topological polar surface area (TPSA) is 71.2 Å². The maximum atomic E-state index is 8.72. The van der Waals surface area contributed by atoms with E-state index in [1.807, 2.05) is 6.92 Å². The Labute approximate surface area is 88.1 Å². The van der Waals surface area contributed by atoms with Crippen LogP contribution in [-0.2, 0) is 0 Å². The minimum Gasteiger partial charge on any atom is -0.396 e. The van der Waals surface area contributed by atoms with Crippen molar-refractivity contribution in [3.8, 4) is 0 Å². The SMILES string of the molecule is CC(CCO)Nc1nc(Cl)ccc1N. The van der Waals surface area contributed by atoms with Crippen molar-refractivity contribution in [2.24, 2.45) is 0 Å². The van der Waals surface area contributed by atoms with Crippen molar-refractivity contribution in [3.05, 3.63) is 17.3 Å². The predicted molar refractivity (Wildman–Crippen MR) is 58.4 cm³/mol. The molecule has 1 aromatic heterocycles. The lowest BCUT2D eigenvalue weighted by Crippen LogP contribution is -2.18. The van der Waals surface area contributed by atoms with E-state index in [2.05, 4.69) is 10.3 Å². The maximum Gasteiger partial charge on any atom is 0.151 e. The number of hydrogen-bond donors (Lipinski definition) is 3. The number of nitrogens with one attached hydrogen (secondary N) is 1. The van der Waals surface area contributed by atoms with Crippen molar-refractivity contribution in [1.29, 1.82) is 0 Å². The van der Waals surface area contributed by atoms with Crippen molar-refractivity contribution < 1.29 is 5.11 Å². The van der Waals surface area contributed by atoms with E-state index in [0.717, 1.165) is 0 Å². The number of hydrogen-bond acceptors (Lipinski definition) is 4. The van der Waals surface area contributed by atoms with Crippen LogP contribution in [0.2, 0.25) is 5.15 Å². The van der Waals surface area contributed by atoms with Crippen LogP contribution in [0.1, 0.15) is 13.3 Å². The van der Waals surface area contributed by atoms with E-state index < -0.39 is 0 Å². The Hall–Kier alpha value is -1.00. The van der Waals surface area contributed by atoms with Gasteiger partial charge in [0.25, 0.3) is 0 Å². The molecule has 1 atom stereocenters. The molecule has 0 aliphatic rings. The van der Waals surface area contributed by atoms with Crippen LogP contribution in [0.4, 0.5) is 11.5 Å². The van der Waals surface area contributed by atoms with Gasteiger partial charge in [0.05, 0.1) is 5.69 Å². The van der Waals surface area contributed by atoms with Crippen LogP contribution in [-0.4, -0.2) is 22.7 Å². The molecule has 0 spiro atoms. The van der Waals surface area contributed by atoms with Crippen LogP contribution < -0.4 is 11.1 Å². The molecule has 1 heterocycles. The zero-order chi connectivity index (χ0) is 10.6. The number of nitrogens with zero attached hydrogens (tertiary/aromatic N) is 1. The van der Waals surface area contributed by atoms with Crippen LogP contribution in [0.15, 0.2) is 12.1 Å². The third-order valence-corrected chi connectivity index (χ3v) is 2.05. The van der Waals surface area contributed by atoms with E-state index in [1.54, 1.807) is 12.1 Å². The Morgan fingerprint density at radius 1 is 1.64 bits per heavy atom. The normalized spacial score (nSPS) is 12.5. The first-order valence-corrected chi connectivity index (χ1v) is 4.80. The van der Waals surface area contributed by atoms with Crippen molar-refractivity contribution in [2.75, 3.05) is 17.7 Å². The fourth-order valence-electron chi connectivity index (χ4n) is 1.06. The molecular weight excluding hydrogens is 202 g/mol. The molecule has 4 nitrogen and oxygen atoms in total. The summed E-state index contributed by atoms with van der Waals surface area (Å²) >= 11 is 5.72. The number of rotatable bonds is 4. The average molecular weight is 216 g/mol. The Morgan fingerprint density at radius 3 is 3.00 bits per heavy atom. The highest BCUT2D eigenvalue weighted by molar-refractivity contribution is 6.29. The third kappa shape index (κ3) is 3.05. The van der Waals surface area contributed by atoms with Gasteiger partial charge >= 0.3 is 0 Å². The smallest absolute Gasteiger partial charge is 0.151 e. The van der Waals surface area contributed by atoms with E-state index in [0.29, 0.717) is 23.1 Å². The minimum absolute atomic E-state index is 0.119. The highest BCUT2D eigenvalue weighted by Crippen LogP contribution is 2.19. The Bertz CT molecular complexity index is 306. The van der Waals surface area contributed by atoms with E-state index in [4.69, 9.17) is 22.4 Å². The molecule has 0 amide bonds. The number of aliphatic hydroxyl groups is 1. The second kappa shape index (κ2) is 5.02. The molecule has 1 aromatic rings. The summed E-state index contributed by atoms with van der Waals surface area (Å²) in [5.41, 5.74) is 6.24. The van der Waals surface area contributed by atoms with Crippen LogP contribution in [0, 0.1) is 0 Å². The molecule has 0 aromatic carbocycles. The van der Waals surface area contributed by atoms with Gasteiger partial charge < -0.3 is 16.2 Å². The first kappa shape index (κ1) is 11.1. The van der Waals surface area contributed by atoms with E-state index in [-0.39, 0.29) is 12.6 Å². The van der Waals surface area contributed by atoms with Gasteiger partial charge in [-0.1, -0.05) is 11.6 Å². The van der Waals surface area contributed by atoms with Gasteiger partial charge in [0.1, 0.15) is 5.15 Å². The number of nitrogens with two attached hydrogens (primary N) is 1. The Balaban J connectivity index is 2.70. The summed E-state index contributed by atoms with van der Waals surface area (Å²) < 4.78 is 0. The molecular formula is C9H14ClN3O. The summed E-state index contributed by atoms with van der Waals surface area (Å²) in [6.07, 6.45) is 0.646. The third-order valence-electron chi connectivity index (χ3n) is 1.84. The van der Waals surface area contributed by atoms with Crippen molar-refractivity contribution in [2.45, 2.75) is 19.4 Å². The highest BCUT2D eigenvalue weighted by Gasteiger charge is 2.05. The molecule has 0 bridgehead atoms. The Kier molecular flexibility index (Phi) is 3.98. The number of nitrogen functional groups attached to an aromatic ring is 1. The summed E-state index contributed by atoms with van der Waals surface area (Å²) in [5, 5.41) is 12.2. The summed E-state index contributed by atoms with van der Waals surface area (Å²) in [4.78, 5) is 4.04. The number of aromatic nitrogens is 1. The van der Waals surface area contributed by atoms with E-state index in [1.165, 1.54) is 0 Å². The van der Waals surface area contributed by atoms with Crippen molar-refractivity contribution in [1.82, 2.24) is 4.98 Å². The number of halogens is 1.